The molecule has 0 heterocycles. The maximum absolute atomic E-state index is 11.2. The minimum atomic E-state index is -0.727. The first-order valence-corrected chi connectivity index (χ1v) is 5.55. The second-order valence-electron chi connectivity index (χ2n) is 3.65. The quantitative estimate of drug-likeness (QED) is 0.843. The fraction of sp³-hybridized carbons (Fsp3) is 0.417. The molecule has 17 heavy (non-hydrogen) atoms. The molecule has 0 saturated carbocycles. The number of hydrogen-bond donors (Lipinski definition) is 1. The van der Waals surface area contributed by atoms with Crippen LogP contribution in [-0.2, 0) is 9.53 Å². The van der Waals surface area contributed by atoms with Crippen LogP contribution in [0.15, 0.2) is 18.2 Å². The molecule has 0 aromatic heterocycles. The van der Waals surface area contributed by atoms with E-state index in [-0.39, 0.29) is 0 Å². The molecule has 0 amide bonds. The highest BCUT2D eigenvalue weighted by Crippen LogP contribution is 2.28. The lowest BCUT2D eigenvalue weighted by Crippen LogP contribution is -2.25. The van der Waals surface area contributed by atoms with Gasteiger partial charge in [0.05, 0.1) is 18.2 Å². The summed E-state index contributed by atoms with van der Waals surface area (Å²) in [5.74, 6) is -0.0883. The SMILES string of the molecule is COC(=O)C(C)Oc1ccc([C@@H](C)O)cc1Cl. The Hall–Kier alpha value is -1.26. The molecule has 0 aliphatic carbocycles. The van der Waals surface area contributed by atoms with Gasteiger partial charge in [0.1, 0.15) is 5.75 Å². The van der Waals surface area contributed by atoms with Crippen LogP contribution in [0.5, 0.6) is 5.75 Å². The van der Waals surface area contributed by atoms with Gasteiger partial charge in [-0.25, -0.2) is 4.79 Å². The Morgan fingerprint density at radius 2 is 2.06 bits per heavy atom. The molecule has 0 aliphatic rings. The number of aliphatic hydroxyl groups is 1. The molecule has 0 saturated heterocycles. The lowest BCUT2D eigenvalue weighted by atomic mass is 10.1. The van der Waals surface area contributed by atoms with Crippen LogP contribution in [0.4, 0.5) is 0 Å². The van der Waals surface area contributed by atoms with Crippen molar-refractivity contribution in [3.8, 4) is 5.75 Å². The van der Waals surface area contributed by atoms with E-state index in [4.69, 9.17) is 16.3 Å². The van der Waals surface area contributed by atoms with E-state index in [0.29, 0.717) is 16.3 Å². The summed E-state index contributed by atoms with van der Waals surface area (Å²) in [7, 11) is 1.29. The molecule has 1 N–H and O–H groups in total. The Labute approximate surface area is 105 Å². The number of hydrogen-bond acceptors (Lipinski definition) is 4. The van der Waals surface area contributed by atoms with Crippen molar-refractivity contribution in [3.05, 3.63) is 28.8 Å². The molecule has 0 radical (unpaired) electrons. The van der Waals surface area contributed by atoms with Crippen molar-refractivity contribution < 1.29 is 19.4 Å². The molecule has 1 aromatic rings. The van der Waals surface area contributed by atoms with Gasteiger partial charge in [-0.1, -0.05) is 17.7 Å². The molecular weight excluding hydrogens is 244 g/mol. The highest BCUT2D eigenvalue weighted by Gasteiger charge is 2.16. The van der Waals surface area contributed by atoms with Gasteiger partial charge in [-0.2, -0.15) is 0 Å². The lowest BCUT2D eigenvalue weighted by molar-refractivity contribution is -0.147. The Balaban J connectivity index is 2.83. The van der Waals surface area contributed by atoms with Crippen molar-refractivity contribution in [3.63, 3.8) is 0 Å². The van der Waals surface area contributed by atoms with Crippen LogP contribution in [0.3, 0.4) is 0 Å². The minimum Gasteiger partial charge on any atom is -0.477 e. The average molecular weight is 259 g/mol. The fourth-order valence-electron chi connectivity index (χ4n) is 1.28. The second kappa shape index (κ2) is 5.89. The van der Waals surface area contributed by atoms with Crippen molar-refractivity contribution >= 4 is 17.6 Å². The Morgan fingerprint density at radius 3 is 2.53 bits per heavy atom. The highest BCUT2D eigenvalue weighted by atomic mass is 35.5. The first-order valence-electron chi connectivity index (χ1n) is 5.17. The molecular formula is C12H15ClO4. The third-order valence-electron chi connectivity index (χ3n) is 2.28. The normalized spacial score (nSPS) is 13.9. The smallest absolute Gasteiger partial charge is 0.346 e. The number of carbonyl (C=O) groups excluding carboxylic acids is 1. The summed E-state index contributed by atoms with van der Waals surface area (Å²) in [4.78, 5) is 11.2. The zero-order valence-corrected chi connectivity index (χ0v) is 10.7. The Kier molecular flexibility index (Phi) is 4.78. The molecule has 5 heteroatoms. The summed E-state index contributed by atoms with van der Waals surface area (Å²) in [6, 6.07) is 4.91. The first-order chi connectivity index (χ1) is 7.95. The van der Waals surface area contributed by atoms with Gasteiger partial charge >= 0.3 is 5.97 Å². The number of carbonyl (C=O) groups is 1. The molecule has 0 bridgehead atoms. The average Bonchev–Trinajstić information content (AvgIpc) is 2.30. The van der Waals surface area contributed by atoms with Crippen molar-refractivity contribution in [1.82, 2.24) is 0 Å². The Bertz CT molecular complexity index is 403. The third-order valence-corrected chi connectivity index (χ3v) is 2.57. The topological polar surface area (TPSA) is 55.8 Å². The summed E-state index contributed by atoms with van der Waals surface area (Å²) >= 11 is 5.98. The summed E-state index contributed by atoms with van der Waals surface area (Å²) in [6.07, 6.45) is -1.32. The Morgan fingerprint density at radius 1 is 1.41 bits per heavy atom. The van der Waals surface area contributed by atoms with E-state index in [1.54, 1.807) is 32.0 Å². The number of halogens is 1. The number of esters is 1. The maximum Gasteiger partial charge on any atom is 0.346 e. The number of ether oxygens (including phenoxy) is 2. The molecule has 2 atom stereocenters. The zero-order chi connectivity index (χ0) is 13.0. The fourth-order valence-corrected chi connectivity index (χ4v) is 1.51. The van der Waals surface area contributed by atoms with Crippen LogP contribution in [0, 0.1) is 0 Å². The van der Waals surface area contributed by atoms with Crippen molar-refractivity contribution in [1.29, 1.82) is 0 Å². The number of benzene rings is 1. The van der Waals surface area contributed by atoms with Crippen molar-refractivity contribution in [2.45, 2.75) is 26.1 Å². The van der Waals surface area contributed by atoms with Gasteiger partial charge < -0.3 is 14.6 Å². The summed E-state index contributed by atoms with van der Waals surface area (Å²) < 4.78 is 9.88. The predicted octanol–water partition coefficient (Wildman–Crippen LogP) is 2.33. The van der Waals surface area contributed by atoms with E-state index in [0.717, 1.165) is 0 Å². The molecule has 0 spiro atoms. The summed E-state index contributed by atoms with van der Waals surface area (Å²) in [5.41, 5.74) is 0.688. The van der Waals surface area contributed by atoms with Gasteiger partial charge in [0.25, 0.3) is 0 Å². The van der Waals surface area contributed by atoms with Gasteiger partial charge in [-0.15, -0.1) is 0 Å². The van der Waals surface area contributed by atoms with E-state index in [9.17, 15) is 9.90 Å². The van der Waals surface area contributed by atoms with Crippen LogP contribution in [0.1, 0.15) is 25.5 Å². The summed E-state index contributed by atoms with van der Waals surface area (Å²) in [5, 5.41) is 9.72. The minimum absolute atomic E-state index is 0.346. The highest BCUT2D eigenvalue weighted by molar-refractivity contribution is 6.32. The van der Waals surface area contributed by atoms with Crippen molar-refractivity contribution in [2.75, 3.05) is 7.11 Å². The monoisotopic (exact) mass is 258 g/mol. The number of methoxy groups -OCH3 is 1. The molecule has 4 nitrogen and oxygen atoms in total. The molecule has 1 rings (SSSR count). The maximum atomic E-state index is 11.2. The second-order valence-corrected chi connectivity index (χ2v) is 4.06. The molecule has 1 unspecified atom stereocenters. The lowest BCUT2D eigenvalue weighted by Gasteiger charge is -2.14. The molecule has 1 aromatic carbocycles. The van der Waals surface area contributed by atoms with Gasteiger partial charge in [0.2, 0.25) is 0 Å². The van der Waals surface area contributed by atoms with Crippen LogP contribution in [0.2, 0.25) is 5.02 Å². The first kappa shape index (κ1) is 13.8. The van der Waals surface area contributed by atoms with Gasteiger partial charge in [0, 0.05) is 0 Å². The third kappa shape index (κ3) is 3.61. The number of aliphatic hydroxyl groups excluding tert-OH is 1. The van der Waals surface area contributed by atoms with Crippen LogP contribution >= 0.6 is 11.6 Å². The summed E-state index contributed by atoms with van der Waals surface area (Å²) in [6.45, 7) is 3.22. The molecule has 0 aliphatic heterocycles. The van der Waals surface area contributed by atoms with Crippen LogP contribution in [0.25, 0.3) is 0 Å². The van der Waals surface area contributed by atoms with E-state index < -0.39 is 18.2 Å². The van der Waals surface area contributed by atoms with E-state index in [1.165, 1.54) is 7.11 Å². The van der Waals surface area contributed by atoms with E-state index in [2.05, 4.69) is 4.74 Å². The van der Waals surface area contributed by atoms with E-state index >= 15 is 0 Å². The van der Waals surface area contributed by atoms with Gasteiger partial charge in [-0.3, -0.25) is 0 Å². The van der Waals surface area contributed by atoms with Crippen molar-refractivity contribution in [2.24, 2.45) is 0 Å². The predicted molar refractivity (Wildman–Crippen MR) is 64.2 cm³/mol. The standard InChI is InChI=1S/C12H15ClO4/c1-7(14)9-4-5-11(10(13)6-9)17-8(2)12(15)16-3/h4-8,14H,1-3H3/t7-,8?/m1/s1. The zero-order valence-electron chi connectivity index (χ0n) is 9.94. The van der Waals surface area contributed by atoms with Gasteiger partial charge in [0.15, 0.2) is 6.10 Å². The van der Waals surface area contributed by atoms with Gasteiger partial charge in [-0.05, 0) is 31.5 Å². The molecule has 94 valence electrons. The van der Waals surface area contributed by atoms with Crippen LogP contribution < -0.4 is 4.74 Å². The van der Waals surface area contributed by atoms with E-state index in [1.807, 2.05) is 0 Å². The number of rotatable bonds is 4. The molecule has 0 fully saturated rings. The van der Waals surface area contributed by atoms with Crippen LogP contribution in [-0.4, -0.2) is 24.3 Å². The largest absolute Gasteiger partial charge is 0.477 e.